The topological polar surface area (TPSA) is 38.7 Å². The smallest absolute Gasteiger partial charge is 0.188 e. The van der Waals surface area contributed by atoms with Gasteiger partial charge < -0.3 is 14.6 Å². The molecule has 130 valence electrons. The fourth-order valence-corrected chi connectivity index (χ4v) is 3.32. The summed E-state index contributed by atoms with van der Waals surface area (Å²) in [4.78, 5) is 0. The van der Waals surface area contributed by atoms with Gasteiger partial charge in [-0.15, -0.1) is 0 Å². The third-order valence-electron chi connectivity index (χ3n) is 4.57. The average Bonchev–Trinajstić information content (AvgIpc) is 2.65. The lowest BCUT2D eigenvalue weighted by molar-refractivity contribution is 0.00965. The van der Waals surface area contributed by atoms with Crippen LogP contribution in [0.1, 0.15) is 44.2 Å². The minimum Gasteiger partial charge on any atom is -0.468 e. The molecule has 0 radical (unpaired) electrons. The van der Waals surface area contributed by atoms with Crippen LogP contribution >= 0.6 is 0 Å². The molecule has 0 amide bonds. The molecule has 2 rings (SSSR count). The highest BCUT2D eigenvalue weighted by Gasteiger charge is 2.38. The summed E-state index contributed by atoms with van der Waals surface area (Å²) >= 11 is 0. The second-order valence-electron chi connectivity index (χ2n) is 6.10. The van der Waals surface area contributed by atoms with Crippen molar-refractivity contribution in [1.82, 2.24) is 0 Å². The van der Waals surface area contributed by atoms with Crippen molar-refractivity contribution >= 4 is 0 Å². The van der Waals surface area contributed by atoms with E-state index in [-0.39, 0.29) is 12.7 Å². The van der Waals surface area contributed by atoms with Crippen molar-refractivity contribution in [1.29, 1.82) is 0 Å². The van der Waals surface area contributed by atoms with Gasteiger partial charge in [0.25, 0.3) is 0 Å². The van der Waals surface area contributed by atoms with Crippen LogP contribution < -0.4 is 4.74 Å². The normalized spacial score (nSPS) is 14.8. The lowest BCUT2D eigenvalue weighted by Gasteiger charge is -2.37. The van der Waals surface area contributed by atoms with Crippen molar-refractivity contribution in [2.45, 2.75) is 38.7 Å². The molecular formula is C21H28O3. The second kappa shape index (κ2) is 8.86. The van der Waals surface area contributed by atoms with E-state index in [2.05, 4.69) is 13.8 Å². The molecule has 2 aromatic rings. The maximum atomic E-state index is 11.7. The molecule has 0 saturated carbocycles. The van der Waals surface area contributed by atoms with Crippen LogP contribution in [0.5, 0.6) is 5.75 Å². The summed E-state index contributed by atoms with van der Waals surface area (Å²) in [5, 5.41) is 11.7. The highest BCUT2D eigenvalue weighted by atomic mass is 16.7. The summed E-state index contributed by atoms with van der Waals surface area (Å²) in [5.41, 5.74) is 0.848. The predicted molar refractivity (Wildman–Crippen MR) is 97.1 cm³/mol. The van der Waals surface area contributed by atoms with Crippen molar-refractivity contribution in [2.24, 2.45) is 5.92 Å². The average molecular weight is 328 g/mol. The minimum atomic E-state index is -0.994. The monoisotopic (exact) mass is 328 g/mol. The zero-order chi connectivity index (χ0) is 17.4. The Hall–Kier alpha value is -1.84. The van der Waals surface area contributed by atoms with E-state index in [1.165, 1.54) is 0 Å². The molecule has 2 atom stereocenters. The predicted octanol–water partition coefficient (Wildman–Crippen LogP) is 4.73. The van der Waals surface area contributed by atoms with Gasteiger partial charge in [0, 0.05) is 7.11 Å². The van der Waals surface area contributed by atoms with Crippen LogP contribution in [0.2, 0.25) is 0 Å². The van der Waals surface area contributed by atoms with E-state index in [1.807, 2.05) is 54.6 Å². The van der Waals surface area contributed by atoms with Crippen LogP contribution in [-0.2, 0) is 10.3 Å². The van der Waals surface area contributed by atoms with E-state index in [0.29, 0.717) is 0 Å². The zero-order valence-electron chi connectivity index (χ0n) is 14.9. The molecule has 3 nitrogen and oxygen atoms in total. The first-order chi connectivity index (χ1) is 11.7. The van der Waals surface area contributed by atoms with Gasteiger partial charge in [-0.1, -0.05) is 62.7 Å². The summed E-state index contributed by atoms with van der Waals surface area (Å²) in [7, 11) is 1.60. The molecule has 0 aromatic heterocycles. The Morgan fingerprint density at radius 3 is 2.12 bits per heavy atom. The first-order valence-corrected chi connectivity index (χ1v) is 8.66. The van der Waals surface area contributed by atoms with Crippen molar-refractivity contribution < 1.29 is 14.6 Å². The molecule has 0 fully saturated rings. The van der Waals surface area contributed by atoms with Gasteiger partial charge in [-0.25, -0.2) is 0 Å². The Morgan fingerprint density at radius 1 is 0.958 bits per heavy atom. The van der Waals surface area contributed by atoms with Crippen molar-refractivity contribution in [3.8, 4) is 5.75 Å². The number of ether oxygens (including phenoxy) is 2. The van der Waals surface area contributed by atoms with Gasteiger partial charge in [-0.05, 0) is 42.0 Å². The van der Waals surface area contributed by atoms with Gasteiger partial charge in [0.2, 0.25) is 0 Å². The van der Waals surface area contributed by atoms with Crippen molar-refractivity contribution in [3.63, 3.8) is 0 Å². The number of methoxy groups -OCH3 is 1. The first-order valence-electron chi connectivity index (χ1n) is 8.66. The van der Waals surface area contributed by atoms with Crippen molar-refractivity contribution in [3.05, 3.63) is 65.7 Å². The Kier molecular flexibility index (Phi) is 6.83. The van der Waals surface area contributed by atoms with E-state index >= 15 is 0 Å². The molecule has 24 heavy (non-hydrogen) atoms. The molecule has 1 N–H and O–H groups in total. The molecule has 0 aliphatic rings. The SMILES string of the molecule is CCC[C@@H](CC)[C@@](O)(c1ccccc1)c1ccc(OCOC)cc1. The van der Waals surface area contributed by atoms with E-state index in [0.717, 1.165) is 36.1 Å². The van der Waals surface area contributed by atoms with Gasteiger partial charge in [0.15, 0.2) is 6.79 Å². The zero-order valence-corrected chi connectivity index (χ0v) is 14.9. The maximum Gasteiger partial charge on any atom is 0.188 e. The lowest BCUT2D eigenvalue weighted by Crippen LogP contribution is -2.36. The Morgan fingerprint density at radius 2 is 1.58 bits per heavy atom. The quantitative estimate of drug-likeness (QED) is 0.676. The van der Waals surface area contributed by atoms with E-state index in [1.54, 1.807) is 7.11 Å². The van der Waals surface area contributed by atoms with Gasteiger partial charge >= 0.3 is 0 Å². The molecule has 2 aromatic carbocycles. The molecule has 0 aliphatic carbocycles. The summed E-state index contributed by atoms with van der Waals surface area (Å²) < 4.78 is 10.4. The number of hydrogen-bond donors (Lipinski definition) is 1. The Labute approximate surface area is 145 Å². The van der Waals surface area contributed by atoms with Crippen LogP contribution in [0.15, 0.2) is 54.6 Å². The fraction of sp³-hybridized carbons (Fsp3) is 0.429. The fourth-order valence-electron chi connectivity index (χ4n) is 3.32. The van der Waals surface area contributed by atoms with Gasteiger partial charge in [0.05, 0.1) is 0 Å². The molecule has 0 aliphatic heterocycles. The van der Waals surface area contributed by atoms with E-state index in [4.69, 9.17) is 9.47 Å². The Bertz CT molecular complexity index is 594. The molecular weight excluding hydrogens is 300 g/mol. The third kappa shape index (κ3) is 3.97. The largest absolute Gasteiger partial charge is 0.468 e. The lowest BCUT2D eigenvalue weighted by atomic mass is 9.73. The van der Waals surface area contributed by atoms with Gasteiger partial charge in [-0.3, -0.25) is 0 Å². The summed E-state index contributed by atoms with van der Waals surface area (Å²) in [6.07, 6.45) is 2.94. The highest BCUT2D eigenvalue weighted by molar-refractivity contribution is 5.39. The summed E-state index contributed by atoms with van der Waals surface area (Å²) in [5.74, 6) is 0.898. The van der Waals surface area contributed by atoms with Crippen LogP contribution in [0.25, 0.3) is 0 Å². The molecule has 0 bridgehead atoms. The number of aliphatic hydroxyl groups is 1. The number of rotatable bonds is 9. The molecule has 0 heterocycles. The minimum absolute atomic E-state index is 0.163. The highest BCUT2D eigenvalue weighted by Crippen LogP contribution is 2.41. The first kappa shape index (κ1) is 18.5. The van der Waals surface area contributed by atoms with Crippen molar-refractivity contribution in [2.75, 3.05) is 13.9 Å². The maximum absolute atomic E-state index is 11.7. The van der Waals surface area contributed by atoms with Crippen LogP contribution in [0.4, 0.5) is 0 Å². The third-order valence-corrected chi connectivity index (χ3v) is 4.57. The van der Waals surface area contributed by atoms with Gasteiger partial charge in [0.1, 0.15) is 11.4 Å². The Balaban J connectivity index is 2.42. The molecule has 0 spiro atoms. The number of hydrogen-bond acceptors (Lipinski definition) is 3. The molecule has 3 heteroatoms. The van der Waals surface area contributed by atoms with E-state index < -0.39 is 5.60 Å². The number of benzene rings is 2. The second-order valence-corrected chi connectivity index (χ2v) is 6.10. The van der Waals surface area contributed by atoms with Crippen LogP contribution in [0.3, 0.4) is 0 Å². The summed E-state index contributed by atoms with van der Waals surface area (Å²) in [6.45, 7) is 4.52. The molecule has 0 unspecified atom stereocenters. The summed E-state index contributed by atoms with van der Waals surface area (Å²) in [6, 6.07) is 17.6. The van der Waals surface area contributed by atoms with Crippen LogP contribution in [-0.4, -0.2) is 19.0 Å². The molecule has 0 saturated heterocycles. The van der Waals surface area contributed by atoms with E-state index in [9.17, 15) is 5.11 Å². The standard InChI is InChI=1S/C21H28O3/c1-4-9-17(5-2)21(22,18-10-7-6-8-11-18)19-12-14-20(15-13-19)24-16-23-3/h6-8,10-15,17,22H,4-5,9,16H2,1-3H3/t17-,21-/m1/s1. The van der Waals surface area contributed by atoms with Crippen LogP contribution in [0, 0.1) is 5.92 Å². The van der Waals surface area contributed by atoms with Gasteiger partial charge in [-0.2, -0.15) is 0 Å².